The standard InChI is InChI=1S/C15H24N2O3/c16-17-14(4-3-13-2-1-7-19-13)12-5-8-20-15(10-12)6-9-18-11-15/h1-2,7,12,14,17H,3-6,8-11,16H2. The molecule has 0 aliphatic carbocycles. The molecule has 3 atom stereocenters. The average Bonchev–Trinajstić information content (AvgIpc) is 3.12. The van der Waals surface area contributed by atoms with Gasteiger partial charge in [-0.1, -0.05) is 0 Å². The molecule has 0 aromatic carbocycles. The van der Waals surface area contributed by atoms with Gasteiger partial charge in [-0.15, -0.1) is 0 Å². The van der Waals surface area contributed by atoms with Gasteiger partial charge in [-0.3, -0.25) is 11.3 Å². The Hall–Kier alpha value is -0.880. The molecule has 0 radical (unpaired) electrons. The van der Waals surface area contributed by atoms with Crippen LogP contribution in [0, 0.1) is 5.92 Å². The van der Waals surface area contributed by atoms with Gasteiger partial charge in [0.25, 0.3) is 0 Å². The Morgan fingerprint density at radius 2 is 2.40 bits per heavy atom. The Morgan fingerprint density at radius 3 is 3.10 bits per heavy atom. The van der Waals surface area contributed by atoms with Gasteiger partial charge in [0.05, 0.1) is 18.5 Å². The zero-order valence-electron chi connectivity index (χ0n) is 11.8. The van der Waals surface area contributed by atoms with E-state index in [1.54, 1.807) is 6.26 Å². The third-order valence-electron chi connectivity index (χ3n) is 4.66. The molecule has 1 spiro atoms. The predicted octanol–water partition coefficient (Wildman–Crippen LogP) is 1.63. The normalized spacial score (nSPS) is 31.8. The number of rotatable bonds is 5. The quantitative estimate of drug-likeness (QED) is 0.634. The molecule has 2 aliphatic heterocycles. The van der Waals surface area contributed by atoms with Crippen LogP contribution in [-0.2, 0) is 15.9 Å². The summed E-state index contributed by atoms with van der Waals surface area (Å²) < 4.78 is 16.9. The smallest absolute Gasteiger partial charge is 0.103 e. The molecule has 0 saturated carbocycles. The lowest BCUT2D eigenvalue weighted by Crippen LogP contribution is -2.49. The summed E-state index contributed by atoms with van der Waals surface area (Å²) in [6.45, 7) is 2.37. The van der Waals surface area contributed by atoms with Gasteiger partial charge >= 0.3 is 0 Å². The van der Waals surface area contributed by atoms with Crippen molar-refractivity contribution >= 4 is 0 Å². The minimum Gasteiger partial charge on any atom is -0.469 e. The van der Waals surface area contributed by atoms with E-state index < -0.39 is 0 Å². The summed E-state index contributed by atoms with van der Waals surface area (Å²) in [5.41, 5.74) is 2.95. The first-order chi connectivity index (χ1) is 9.81. The molecule has 2 fully saturated rings. The largest absolute Gasteiger partial charge is 0.469 e. The van der Waals surface area contributed by atoms with Crippen molar-refractivity contribution in [2.24, 2.45) is 11.8 Å². The van der Waals surface area contributed by atoms with Crippen LogP contribution in [0.3, 0.4) is 0 Å². The Balaban J connectivity index is 1.57. The Morgan fingerprint density at radius 1 is 1.45 bits per heavy atom. The summed E-state index contributed by atoms with van der Waals surface area (Å²) >= 11 is 0. The van der Waals surface area contributed by atoms with Crippen LogP contribution < -0.4 is 11.3 Å². The van der Waals surface area contributed by atoms with E-state index in [-0.39, 0.29) is 5.60 Å². The highest BCUT2D eigenvalue weighted by Gasteiger charge is 2.42. The van der Waals surface area contributed by atoms with Crippen LogP contribution >= 0.6 is 0 Å². The van der Waals surface area contributed by atoms with E-state index in [0.29, 0.717) is 12.0 Å². The number of hydrogen-bond acceptors (Lipinski definition) is 5. The number of ether oxygens (including phenoxy) is 2. The van der Waals surface area contributed by atoms with Crippen LogP contribution in [0.2, 0.25) is 0 Å². The summed E-state index contributed by atoms with van der Waals surface area (Å²) in [4.78, 5) is 0. The van der Waals surface area contributed by atoms with Crippen molar-refractivity contribution in [2.45, 2.75) is 43.7 Å². The highest BCUT2D eigenvalue weighted by molar-refractivity contribution is 5.00. The lowest BCUT2D eigenvalue weighted by atomic mass is 9.80. The summed E-state index contributed by atoms with van der Waals surface area (Å²) in [6, 6.07) is 4.25. The second-order valence-corrected chi connectivity index (χ2v) is 5.98. The summed E-state index contributed by atoms with van der Waals surface area (Å²) in [7, 11) is 0. The van der Waals surface area contributed by atoms with Crippen LogP contribution in [0.5, 0.6) is 0 Å². The molecule has 3 heterocycles. The van der Waals surface area contributed by atoms with Gasteiger partial charge in [0, 0.05) is 32.1 Å². The van der Waals surface area contributed by atoms with Crippen LogP contribution in [0.25, 0.3) is 0 Å². The van der Waals surface area contributed by atoms with Crippen molar-refractivity contribution in [1.29, 1.82) is 0 Å². The maximum atomic E-state index is 5.99. The number of hydrogen-bond donors (Lipinski definition) is 2. The fourth-order valence-electron chi connectivity index (χ4n) is 3.48. The van der Waals surface area contributed by atoms with Crippen LogP contribution in [0.1, 0.15) is 31.4 Å². The number of aryl methyl sites for hydroxylation is 1. The first-order valence-electron chi connectivity index (χ1n) is 7.51. The predicted molar refractivity (Wildman–Crippen MR) is 75.0 cm³/mol. The first-order valence-corrected chi connectivity index (χ1v) is 7.51. The maximum Gasteiger partial charge on any atom is 0.103 e. The van der Waals surface area contributed by atoms with Crippen molar-refractivity contribution in [3.8, 4) is 0 Å². The minimum absolute atomic E-state index is 0.0529. The summed E-state index contributed by atoms with van der Waals surface area (Å²) in [5.74, 6) is 7.35. The molecule has 5 heteroatoms. The van der Waals surface area contributed by atoms with Crippen LogP contribution in [-0.4, -0.2) is 31.5 Å². The molecule has 0 bridgehead atoms. The summed E-state index contributed by atoms with van der Waals surface area (Å²) in [6.07, 6.45) is 6.75. The highest BCUT2D eigenvalue weighted by Crippen LogP contribution is 2.37. The van der Waals surface area contributed by atoms with E-state index in [0.717, 1.165) is 57.7 Å². The van der Waals surface area contributed by atoms with Crippen molar-refractivity contribution in [3.05, 3.63) is 24.2 Å². The molecule has 0 amide bonds. The van der Waals surface area contributed by atoms with E-state index in [1.165, 1.54) is 0 Å². The van der Waals surface area contributed by atoms with Gasteiger partial charge in [-0.05, 0) is 37.3 Å². The van der Waals surface area contributed by atoms with Crippen LogP contribution in [0.4, 0.5) is 0 Å². The van der Waals surface area contributed by atoms with E-state index in [1.807, 2.05) is 12.1 Å². The van der Waals surface area contributed by atoms with Crippen molar-refractivity contribution in [1.82, 2.24) is 5.43 Å². The van der Waals surface area contributed by atoms with Gasteiger partial charge in [-0.2, -0.15) is 0 Å². The monoisotopic (exact) mass is 280 g/mol. The molecule has 3 N–H and O–H groups in total. The average molecular weight is 280 g/mol. The number of nitrogens with two attached hydrogens (primary N) is 1. The molecule has 3 rings (SSSR count). The van der Waals surface area contributed by atoms with E-state index in [4.69, 9.17) is 19.7 Å². The molecule has 20 heavy (non-hydrogen) atoms. The SMILES string of the molecule is NNC(CCc1ccco1)C1CCOC2(CCOC2)C1. The maximum absolute atomic E-state index is 5.99. The lowest BCUT2D eigenvalue weighted by Gasteiger charge is -2.40. The molecule has 2 saturated heterocycles. The molecule has 112 valence electrons. The van der Waals surface area contributed by atoms with Crippen molar-refractivity contribution < 1.29 is 13.9 Å². The first kappa shape index (κ1) is 14.1. The van der Waals surface area contributed by atoms with Gasteiger partial charge in [0.2, 0.25) is 0 Å². The Kier molecular flexibility index (Phi) is 4.41. The van der Waals surface area contributed by atoms with Gasteiger partial charge < -0.3 is 13.9 Å². The second kappa shape index (κ2) is 6.26. The second-order valence-electron chi connectivity index (χ2n) is 5.98. The molecular formula is C15H24N2O3. The van der Waals surface area contributed by atoms with Crippen molar-refractivity contribution in [3.63, 3.8) is 0 Å². The third-order valence-corrected chi connectivity index (χ3v) is 4.66. The van der Waals surface area contributed by atoms with Gasteiger partial charge in [0.15, 0.2) is 0 Å². The zero-order chi connectivity index (χ0) is 13.8. The Bertz CT molecular complexity index is 401. The fraction of sp³-hybridized carbons (Fsp3) is 0.733. The number of furan rings is 1. The Labute approximate surface area is 119 Å². The van der Waals surface area contributed by atoms with Crippen LogP contribution in [0.15, 0.2) is 22.8 Å². The van der Waals surface area contributed by atoms with E-state index >= 15 is 0 Å². The zero-order valence-corrected chi connectivity index (χ0v) is 11.8. The molecular weight excluding hydrogens is 256 g/mol. The minimum atomic E-state index is -0.0529. The third kappa shape index (κ3) is 3.06. The van der Waals surface area contributed by atoms with Crippen molar-refractivity contribution in [2.75, 3.05) is 19.8 Å². The number of hydrazine groups is 1. The fourth-order valence-corrected chi connectivity index (χ4v) is 3.48. The van der Waals surface area contributed by atoms with Gasteiger partial charge in [-0.25, -0.2) is 0 Å². The molecule has 1 aromatic rings. The lowest BCUT2D eigenvalue weighted by molar-refractivity contribution is -0.103. The number of nitrogens with one attached hydrogen (secondary N) is 1. The molecule has 3 unspecified atom stereocenters. The molecule has 1 aromatic heterocycles. The topological polar surface area (TPSA) is 69.7 Å². The molecule has 5 nitrogen and oxygen atoms in total. The molecule has 2 aliphatic rings. The van der Waals surface area contributed by atoms with E-state index in [9.17, 15) is 0 Å². The van der Waals surface area contributed by atoms with Gasteiger partial charge in [0.1, 0.15) is 5.76 Å². The summed E-state index contributed by atoms with van der Waals surface area (Å²) in [5, 5.41) is 0. The highest BCUT2D eigenvalue weighted by atomic mass is 16.6. The van der Waals surface area contributed by atoms with E-state index in [2.05, 4.69) is 5.43 Å².